The molecule has 0 spiro atoms. The first kappa shape index (κ1) is 16.6. The van der Waals surface area contributed by atoms with Crippen LogP contribution in [0.25, 0.3) is 0 Å². The van der Waals surface area contributed by atoms with Crippen LogP contribution in [0.4, 0.5) is 11.4 Å². The summed E-state index contributed by atoms with van der Waals surface area (Å²) in [6, 6.07) is 12.4. The number of nitrogens with zero attached hydrogens (tertiary/aromatic N) is 2. The van der Waals surface area contributed by atoms with E-state index in [1.54, 1.807) is 41.3 Å². The maximum Gasteiger partial charge on any atom is 0.293 e. The summed E-state index contributed by atoms with van der Waals surface area (Å²) in [6.45, 7) is 0.514. The number of carbonyl (C=O) groups is 2. The number of primary amides is 1. The summed E-state index contributed by atoms with van der Waals surface area (Å²) in [5, 5.41) is 11.5. The van der Waals surface area contributed by atoms with Crippen LogP contribution in [0.5, 0.6) is 0 Å². The fraction of sp³-hybridized carbons (Fsp3) is 0.222. The van der Waals surface area contributed by atoms with Gasteiger partial charge in [-0.15, -0.1) is 0 Å². The van der Waals surface area contributed by atoms with Crippen molar-refractivity contribution in [2.45, 2.75) is 18.9 Å². The first-order chi connectivity index (χ1) is 12.0. The Kier molecular flexibility index (Phi) is 4.47. The molecule has 0 radical (unpaired) electrons. The molecule has 7 heteroatoms. The second-order valence-corrected chi connectivity index (χ2v) is 5.91. The molecule has 0 unspecified atom stereocenters. The van der Waals surface area contributed by atoms with E-state index in [0.29, 0.717) is 24.2 Å². The number of carbonyl (C=O) groups excluding carboxylic acids is 2. The van der Waals surface area contributed by atoms with E-state index in [4.69, 9.17) is 5.73 Å². The van der Waals surface area contributed by atoms with Crippen molar-refractivity contribution in [3.8, 4) is 0 Å². The summed E-state index contributed by atoms with van der Waals surface area (Å²) < 4.78 is 0. The lowest BCUT2D eigenvalue weighted by molar-refractivity contribution is -0.384. The minimum absolute atomic E-state index is 0.199. The van der Waals surface area contributed by atoms with Crippen molar-refractivity contribution in [1.29, 1.82) is 0 Å². The van der Waals surface area contributed by atoms with Crippen molar-refractivity contribution in [1.82, 2.24) is 0 Å². The maximum absolute atomic E-state index is 12.5. The van der Waals surface area contributed by atoms with Crippen molar-refractivity contribution >= 4 is 23.1 Å². The zero-order valence-corrected chi connectivity index (χ0v) is 13.4. The monoisotopic (exact) mass is 339 g/mol. The number of anilines is 1. The van der Waals surface area contributed by atoms with Gasteiger partial charge < -0.3 is 10.6 Å². The fourth-order valence-electron chi connectivity index (χ4n) is 3.16. The second kappa shape index (κ2) is 6.72. The van der Waals surface area contributed by atoms with Gasteiger partial charge in [0.1, 0.15) is 11.7 Å². The van der Waals surface area contributed by atoms with E-state index in [1.807, 2.05) is 0 Å². The van der Waals surface area contributed by atoms with Gasteiger partial charge in [0.25, 0.3) is 5.69 Å². The van der Waals surface area contributed by atoms with E-state index >= 15 is 0 Å². The first-order valence-corrected chi connectivity index (χ1v) is 7.93. The van der Waals surface area contributed by atoms with E-state index in [9.17, 15) is 19.7 Å². The number of nitro groups is 1. The zero-order chi connectivity index (χ0) is 18.0. The Hall–Kier alpha value is -3.22. The van der Waals surface area contributed by atoms with Crippen molar-refractivity contribution in [2.24, 2.45) is 5.73 Å². The molecule has 2 aromatic carbocycles. The molecule has 1 aliphatic rings. The van der Waals surface area contributed by atoms with Crippen LogP contribution in [-0.2, 0) is 4.79 Å². The number of ketones is 1. The molecular formula is C18H17N3O4. The molecule has 0 aliphatic carbocycles. The molecule has 0 saturated carbocycles. The maximum atomic E-state index is 12.5. The quantitative estimate of drug-likeness (QED) is 0.511. The summed E-state index contributed by atoms with van der Waals surface area (Å²) in [7, 11) is 0. The number of rotatable bonds is 5. The Bertz CT molecular complexity index is 835. The van der Waals surface area contributed by atoms with Crippen LogP contribution in [0.2, 0.25) is 0 Å². The first-order valence-electron chi connectivity index (χ1n) is 7.93. The Morgan fingerprint density at radius 2 is 1.84 bits per heavy atom. The summed E-state index contributed by atoms with van der Waals surface area (Å²) in [4.78, 5) is 36.7. The third kappa shape index (κ3) is 3.21. The Balaban J connectivity index is 2.01. The number of hydrogen-bond acceptors (Lipinski definition) is 5. The second-order valence-electron chi connectivity index (χ2n) is 5.91. The SMILES string of the molecule is NC(=O)[C@H]1CCCN1c1ccc(C(=O)c2ccccc2)cc1[N+](=O)[O-]. The Labute approximate surface area is 144 Å². The van der Waals surface area contributed by atoms with Crippen LogP contribution in [-0.4, -0.2) is 29.2 Å². The summed E-state index contributed by atoms with van der Waals surface area (Å²) >= 11 is 0. The molecule has 0 bridgehead atoms. The van der Waals surface area contributed by atoms with Crippen LogP contribution < -0.4 is 10.6 Å². The highest BCUT2D eigenvalue weighted by atomic mass is 16.6. The third-order valence-corrected chi connectivity index (χ3v) is 4.36. The van der Waals surface area contributed by atoms with Crippen LogP contribution in [0.15, 0.2) is 48.5 Å². The Morgan fingerprint density at radius 1 is 1.12 bits per heavy atom. The lowest BCUT2D eigenvalue weighted by atomic mass is 10.0. The number of hydrogen-bond donors (Lipinski definition) is 1. The highest BCUT2D eigenvalue weighted by Gasteiger charge is 2.33. The zero-order valence-electron chi connectivity index (χ0n) is 13.4. The molecule has 1 aliphatic heterocycles. The highest BCUT2D eigenvalue weighted by molar-refractivity contribution is 6.09. The molecular weight excluding hydrogens is 322 g/mol. The standard InChI is InChI=1S/C18H17N3O4/c19-18(23)15-7-4-10-20(15)14-9-8-13(11-16(14)21(24)25)17(22)12-5-2-1-3-6-12/h1-3,5-6,8-9,11,15H,4,7,10H2,(H2,19,23)/t15-/m1/s1. The number of nitro benzene ring substituents is 1. The average molecular weight is 339 g/mol. The molecule has 1 fully saturated rings. The van der Waals surface area contributed by atoms with Gasteiger partial charge in [0.15, 0.2) is 5.78 Å². The van der Waals surface area contributed by atoms with Gasteiger partial charge in [-0.3, -0.25) is 19.7 Å². The third-order valence-electron chi connectivity index (χ3n) is 4.36. The van der Waals surface area contributed by atoms with Crippen LogP contribution in [0, 0.1) is 10.1 Å². The summed E-state index contributed by atoms with van der Waals surface area (Å²) in [5.74, 6) is -0.792. The van der Waals surface area contributed by atoms with E-state index < -0.39 is 16.9 Å². The lowest BCUT2D eigenvalue weighted by Gasteiger charge is -2.24. The number of amides is 1. The molecule has 128 valence electrons. The Morgan fingerprint density at radius 3 is 2.48 bits per heavy atom. The molecule has 2 N–H and O–H groups in total. The molecule has 0 aromatic heterocycles. The highest BCUT2D eigenvalue weighted by Crippen LogP contribution is 2.34. The molecule has 1 heterocycles. The largest absolute Gasteiger partial charge is 0.368 e. The summed E-state index contributed by atoms with van der Waals surface area (Å²) in [5.41, 5.74) is 6.21. The molecule has 1 amide bonds. The van der Waals surface area contributed by atoms with E-state index in [0.717, 1.165) is 6.42 Å². The molecule has 1 atom stereocenters. The van der Waals surface area contributed by atoms with E-state index in [1.165, 1.54) is 12.1 Å². The molecule has 7 nitrogen and oxygen atoms in total. The van der Waals surface area contributed by atoms with Gasteiger partial charge in [0, 0.05) is 23.7 Å². The van der Waals surface area contributed by atoms with Gasteiger partial charge in [0.2, 0.25) is 5.91 Å². The van der Waals surface area contributed by atoms with Gasteiger partial charge in [-0.25, -0.2) is 0 Å². The smallest absolute Gasteiger partial charge is 0.293 e. The molecule has 2 aromatic rings. The average Bonchev–Trinajstić information content (AvgIpc) is 3.11. The number of benzene rings is 2. The predicted molar refractivity (Wildman–Crippen MR) is 92.5 cm³/mol. The van der Waals surface area contributed by atoms with E-state index in [-0.39, 0.29) is 17.0 Å². The van der Waals surface area contributed by atoms with Crippen molar-refractivity contribution in [3.63, 3.8) is 0 Å². The van der Waals surface area contributed by atoms with Gasteiger partial charge in [0.05, 0.1) is 4.92 Å². The number of nitrogens with two attached hydrogens (primary N) is 1. The van der Waals surface area contributed by atoms with Crippen molar-refractivity contribution in [3.05, 3.63) is 69.8 Å². The lowest BCUT2D eigenvalue weighted by Crippen LogP contribution is -2.40. The van der Waals surface area contributed by atoms with Crippen molar-refractivity contribution < 1.29 is 14.5 Å². The predicted octanol–water partition coefficient (Wildman–Crippen LogP) is 2.28. The van der Waals surface area contributed by atoms with Gasteiger partial charge >= 0.3 is 0 Å². The normalized spacial score (nSPS) is 16.6. The van der Waals surface area contributed by atoms with Crippen LogP contribution in [0.1, 0.15) is 28.8 Å². The summed E-state index contributed by atoms with van der Waals surface area (Å²) in [6.07, 6.45) is 1.30. The molecule has 1 saturated heterocycles. The topological polar surface area (TPSA) is 107 Å². The minimum Gasteiger partial charge on any atom is -0.368 e. The van der Waals surface area contributed by atoms with Gasteiger partial charge in [-0.05, 0) is 25.0 Å². The molecule has 25 heavy (non-hydrogen) atoms. The van der Waals surface area contributed by atoms with Gasteiger partial charge in [-0.1, -0.05) is 30.3 Å². The van der Waals surface area contributed by atoms with Gasteiger partial charge in [-0.2, -0.15) is 0 Å². The van der Waals surface area contributed by atoms with E-state index in [2.05, 4.69) is 0 Å². The minimum atomic E-state index is -0.561. The van der Waals surface area contributed by atoms with Crippen molar-refractivity contribution in [2.75, 3.05) is 11.4 Å². The van der Waals surface area contributed by atoms with Crippen LogP contribution >= 0.6 is 0 Å². The van der Waals surface area contributed by atoms with Crippen LogP contribution in [0.3, 0.4) is 0 Å². The molecule has 3 rings (SSSR count). The fourth-order valence-corrected chi connectivity index (χ4v) is 3.16.